The monoisotopic (exact) mass is 449 g/mol. The Morgan fingerprint density at radius 2 is 1.32 bits per heavy atom. The van der Waals surface area contributed by atoms with Gasteiger partial charge in [-0.15, -0.1) is 0 Å². The highest BCUT2D eigenvalue weighted by Gasteiger charge is 2.52. The lowest BCUT2D eigenvalue weighted by Crippen LogP contribution is -2.64. The van der Waals surface area contributed by atoms with E-state index in [0.29, 0.717) is 0 Å². The van der Waals surface area contributed by atoms with Crippen LogP contribution in [0, 0.1) is 5.92 Å². The Morgan fingerprint density at radius 3 is 1.84 bits per heavy atom. The maximum absolute atomic E-state index is 8.74. The van der Waals surface area contributed by atoms with Crippen LogP contribution in [0.5, 0.6) is 0 Å². The summed E-state index contributed by atoms with van der Waals surface area (Å²) in [7, 11) is 9.38. The minimum atomic E-state index is -0.841. The Hall–Kier alpha value is -1.05. The molecule has 0 saturated carbocycles. The molecule has 12 nitrogen and oxygen atoms in total. The molecule has 0 aromatic heterocycles. The first kappa shape index (κ1) is 26.2. The fraction of sp³-hybridized carbons (Fsp3) is 1.00. The number of nitrogens with zero attached hydrogens (tertiary/aromatic N) is 3. The van der Waals surface area contributed by atoms with Gasteiger partial charge in [0.2, 0.25) is 0 Å². The van der Waals surface area contributed by atoms with Crippen molar-refractivity contribution >= 4 is 0 Å². The third kappa shape index (κ3) is 5.85. The number of methoxy groups -OCH3 is 6. The molecule has 2 aliphatic heterocycles. The molecule has 4 unspecified atom stereocenters. The van der Waals surface area contributed by atoms with E-state index in [-0.39, 0.29) is 25.2 Å². The molecule has 0 aromatic carbocycles. The molecule has 0 radical (unpaired) electrons. The lowest BCUT2D eigenvalue weighted by atomic mass is 9.90. The fourth-order valence-electron chi connectivity index (χ4n) is 4.27. The molecular formula is C19H35N3O9. The van der Waals surface area contributed by atoms with E-state index in [0.717, 1.165) is 0 Å². The normalized spacial score (nSPS) is 41.0. The van der Waals surface area contributed by atoms with Crippen molar-refractivity contribution in [3.05, 3.63) is 10.4 Å². The van der Waals surface area contributed by atoms with Crippen molar-refractivity contribution in [2.24, 2.45) is 11.0 Å². The molecule has 31 heavy (non-hydrogen) atoms. The van der Waals surface area contributed by atoms with Crippen LogP contribution >= 0.6 is 0 Å². The van der Waals surface area contributed by atoms with Gasteiger partial charge in [0.15, 0.2) is 12.6 Å². The molecule has 0 amide bonds. The zero-order valence-corrected chi connectivity index (χ0v) is 19.2. The van der Waals surface area contributed by atoms with Gasteiger partial charge in [0.25, 0.3) is 0 Å². The van der Waals surface area contributed by atoms with Crippen molar-refractivity contribution < 1.29 is 42.6 Å². The van der Waals surface area contributed by atoms with Gasteiger partial charge in [0.1, 0.15) is 30.5 Å². The largest absolute Gasteiger partial charge is 0.382 e. The Kier molecular flexibility index (Phi) is 10.9. The molecule has 2 aliphatic rings. The van der Waals surface area contributed by atoms with Crippen LogP contribution in [0.1, 0.15) is 6.92 Å². The van der Waals surface area contributed by atoms with Gasteiger partial charge in [-0.3, -0.25) is 0 Å². The summed E-state index contributed by atoms with van der Waals surface area (Å²) in [6.07, 6.45) is -5.05. The first-order chi connectivity index (χ1) is 15.0. The summed E-state index contributed by atoms with van der Waals surface area (Å²) in [5, 5.41) is 3.67. The second kappa shape index (κ2) is 12.9. The number of rotatable bonds is 11. The van der Waals surface area contributed by atoms with Gasteiger partial charge in [0.05, 0.1) is 25.4 Å². The summed E-state index contributed by atoms with van der Waals surface area (Å²) in [5.41, 5.74) is 8.74. The molecule has 0 bridgehead atoms. The van der Waals surface area contributed by atoms with E-state index in [4.69, 9.17) is 48.2 Å². The molecule has 0 spiro atoms. The lowest BCUT2D eigenvalue weighted by Gasteiger charge is -2.49. The lowest BCUT2D eigenvalue weighted by molar-refractivity contribution is -0.358. The summed E-state index contributed by atoms with van der Waals surface area (Å²) in [5.74, 6) is -0.0968. The van der Waals surface area contributed by atoms with Crippen LogP contribution in [0.2, 0.25) is 0 Å². The number of hydrogen-bond donors (Lipinski definition) is 0. The van der Waals surface area contributed by atoms with E-state index >= 15 is 0 Å². The first-order valence-corrected chi connectivity index (χ1v) is 10.1. The molecule has 10 atom stereocenters. The Morgan fingerprint density at radius 1 is 0.742 bits per heavy atom. The van der Waals surface area contributed by atoms with E-state index in [1.807, 2.05) is 6.92 Å². The van der Waals surface area contributed by atoms with Crippen LogP contribution in [0.3, 0.4) is 0 Å². The van der Waals surface area contributed by atoms with Crippen molar-refractivity contribution in [3.8, 4) is 0 Å². The average Bonchev–Trinajstić information content (AvgIpc) is 2.78. The van der Waals surface area contributed by atoms with E-state index in [2.05, 4.69) is 10.0 Å². The average molecular weight is 450 g/mol. The van der Waals surface area contributed by atoms with Crippen molar-refractivity contribution in [3.63, 3.8) is 0 Å². The SMILES string of the molecule is COCC1O[C@@H](OC)C(OC)[C@@H](OC)[C@H]1O[C@@H]1OC(CN=[N+]=[N-])[C@H](C)[C@H](OC)C1OC. The summed E-state index contributed by atoms with van der Waals surface area (Å²) < 4.78 is 52.0. The smallest absolute Gasteiger partial charge is 0.187 e. The minimum absolute atomic E-state index is 0.0968. The van der Waals surface area contributed by atoms with Gasteiger partial charge >= 0.3 is 0 Å². The fourth-order valence-corrected chi connectivity index (χ4v) is 4.27. The van der Waals surface area contributed by atoms with Crippen LogP contribution < -0.4 is 0 Å². The van der Waals surface area contributed by atoms with Crippen LogP contribution in [0.4, 0.5) is 0 Å². The number of hydrogen-bond acceptors (Lipinski definition) is 10. The number of ether oxygens (including phenoxy) is 9. The van der Waals surface area contributed by atoms with Crippen molar-refractivity contribution in [1.82, 2.24) is 0 Å². The van der Waals surface area contributed by atoms with Crippen molar-refractivity contribution in [2.45, 2.75) is 62.2 Å². The van der Waals surface area contributed by atoms with E-state index < -0.39 is 49.2 Å². The zero-order valence-electron chi connectivity index (χ0n) is 19.2. The highest BCUT2D eigenvalue weighted by atomic mass is 16.8. The molecular weight excluding hydrogens is 414 g/mol. The summed E-state index contributed by atoms with van der Waals surface area (Å²) in [6.45, 7) is 2.32. The summed E-state index contributed by atoms with van der Waals surface area (Å²) in [4.78, 5) is 2.84. The van der Waals surface area contributed by atoms with E-state index in [1.165, 1.54) is 7.11 Å². The van der Waals surface area contributed by atoms with E-state index in [1.54, 1.807) is 35.5 Å². The van der Waals surface area contributed by atoms with Gasteiger partial charge in [-0.25, -0.2) is 0 Å². The zero-order chi connectivity index (χ0) is 23.0. The second-order valence-electron chi connectivity index (χ2n) is 7.45. The standard InChI is InChI=1S/C19H35N3O9/c1-10-11(8-21-22-20)29-19(16(26-5)13(10)24-3)31-14-12(9-23-2)30-18(28-7)17(27-6)15(14)25-4/h10-19H,8-9H2,1-7H3/t10-,11?,12?,13-,14-,15-,16?,17?,18+,19-/m0/s1. The van der Waals surface area contributed by atoms with Gasteiger partial charge in [-0.2, -0.15) is 0 Å². The molecule has 12 heteroatoms. The predicted molar refractivity (Wildman–Crippen MR) is 107 cm³/mol. The predicted octanol–water partition coefficient (Wildman–Crippen LogP) is 1.12. The minimum Gasteiger partial charge on any atom is -0.382 e. The topological polar surface area (TPSA) is 132 Å². The van der Waals surface area contributed by atoms with E-state index in [9.17, 15) is 0 Å². The molecule has 0 aromatic rings. The van der Waals surface area contributed by atoms with Crippen molar-refractivity contribution in [1.29, 1.82) is 0 Å². The Labute approximate surface area is 182 Å². The molecule has 2 heterocycles. The van der Waals surface area contributed by atoms with Crippen LogP contribution in [-0.4, -0.2) is 111 Å². The highest BCUT2D eigenvalue weighted by molar-refractivity contribution is 4.95. The molecule has 2 fully saturated rings. The van der Waals surface area contributed by atoms with Gasteiger partial charge in [-0.1, -0.05) is 12.0 Å². The third-order valence-electron chi connectivity index (χ3n) is 5.86. The number of azide groups is 1. The second-order valence-corrected chi connectivity index (χ2v) is 7.45. The quantitative estimate of drug-likeness (QED) is 0.258. The van der Waals surface area contributed by atoms with Crippen molar-refractivity contribution in [2.75, 3.05) is 55.8 Å². The molecule has 0 N–H and O–H groups in total. The molecule has 2 rings (SSSR count). The molecule has 2 saturated heterocycles. The maximum atomic E-state index is 8.74. The van der Waals surface area contributed by atoms with Crippen LogP contribution in [0.25, 0.3) is 10.4 Å². The molecule has 0 aliphatic carbocycles. The van der Waals surface area contributed by atoms with Crippen LogP contribution in [-0.2, 0) is 42.6 Å². The van der Waals surface area contributed by atoms with Gasteiger partial charge in [-0.05, 0) is 5.53 Å². The van der Waals surface area contributed by atoms with Crippen LogP contribution in [0.15, 0.2) is 5.11 Å². The summed E-state index contributed by atoms with van der Waals surface area (Å²) in [6, 6.07) is 0. The van der Waals surface area contributed by atoms with Gasteiger partial charge in [0, 0.05) is 53.5 Å². The third-order valence-corrected chi connectivity index (χ3v) is 5.86. The Balaban J connectivity index is 2.32. The first-order valence-electron chi connectivity index (χ1n) is 10.1. The Bertz CT molecular complexity index is 580. The van der Waals surface area contributed by atoms with Gasteiger partial charge < -0.3 is 42.6 Å². The molecule has 180 valence electrons. The summed E-state index contributed by atoms with van der Waals surface area (Å²) >= 11 is 0. The highest BCUT2D eigenvalue weighted by Crippen LogP contribution is 2.35. The maximum Gasteiger partial charge on any atom is 0.187 e.